The summed E-state index contributed by atoms with van der Waals surface area (Å²) in [6.45, 7) is 2.58. The third-order valence-electron chi connectivity index (χ3n) is 4.40. The van der Waals surface area contributed by atoms with Crippen LogP contribution in [0.1, 0.15) is 35.0 Å². The Hall–Kier alpha value is -3.72. The molecule has 8 nitrogen and oxygen atoms in total. The maximum atomic E-state index is 13.2. The number of aromatic nitrogens is 1. The fraction of sp³-hybridized carbons (Fsp3) is 0.261. The van der Waals surface area contributed by atoms with Crippen LogP contribution in [0.5, 0.6) is 5.75 Å². The SMILES string of the molecule is CCCO/N=C(\COc1cc(CN)cc(C(=O)OC)c1)c1cc(-c2ccc(F)cc2)no1. The first-order chi connectivity index (χ1) is 15.5. The zero-order valence-electron chi connectivity index (χ0n) is 17.8. The van der Waals surface area contributed by atoms with Crippen molar-refractivity contribution in [2.24, 2.45) is 10.9 Å². The van der Waals surface area contributed by atoms with Gasteiger partial charge in [0, 0.05) is 18.2 Å². The first-order valence-electron chi connectivity index (χ1n) is 10.0. The first kappa shape index (κ1) is 23.0. The Balaban J connectivity index is 1.82. The van der Waals surface area contributed by atoms with Crippen LogP contribution in [0.4, 0.5) is 4.39 Å². The molecule has 0 aliphatic rings. The van der Waals surface area contributed by atoms with Gasteiger partial charge >= 0.3 is 5.97 Å². The summed E-state index contributed by atoms with van der Waals surface area (Å²) in [6.07, 6.45) is 0.774. The number of nitrogens with zero attached hydrogens (tertiary/aromatic N) is 2. The fourth-order valence-corrected chi connectivity index (χ4v) is 2.77. The number of rotatable bonds is 10. The molecule has 0 saturated carbocycles. The molecule has 1 aromatic heterocycles. The molecule has 0 fully saturated rings. The second-order valence-electron chi connectivity index (χ2n) is 6.80. The van der Waals surface area contributed by atoms with Gasteiger partial charge in [0.25, 0.3) is 0 Å². The molecule has 2 N–H and O–H groups in total. The minimum absolute atomic E-state index is 0.0175. The molecule has 1 heterocycles. The largest absolute Gasteiger partial charge is 0.487 e. The number of hydrogen-bond donors (Lipinski definition) is 1. The van der Waals surface area contributed by atoms with Gasteiger partial charge in [0.2, 0.25) is 0 Å². The highest BCUT2D eigenvalue weighted by Crippen LogP contribution is 2.22. The predicted octanol–water partition coefficient (Wildman–Crippen LogP) is 3.94. The zero-order chi connectivity index (χ0) is 22.9. The van der Waals surface area contributed by atoms with Gasteiger partial charge in [-0.15, -0.1) is 0 Å². The quantitative estimate of drug-likeness (QED) is 0.220. The van der Waals surface area contributed by atoms with Gasteiger partial charge in [-0.1, -0.05) is 17.2 Å². The fourth-order valence-electron chi connectivity index (χ4n) is 2.77. The molecule has 0 saturated heterocycles. The topological polar surface area (TPSA) is 109 Å². The molecule has 0 spiro atoms. The highest BCUT2D eigenvalue weighted by atomic mass is 19.1. The number of ether oxygens (including phenoxy) is 2. The van der Waals surface area contributed by atoms with Crippen LogP contribution in [0.15, 0.2) is 58.2 Å². The van der Waals surface area contributed by atoms with Crippen molar-refractivity contribution in [1.29, 1.82) is 0 Å². The molecular weight excluding hydrogens is 417 g/mol. The standard InChI is InChI=1S/C23H24FN3O5/c1-3-8-31-26-21(22-12-20(27-32-22)16-4-6-18(24)7-5-16)14-30-19-10-15(13-25)9-17(11-19)23(28)29-2/h4-7,9-12H,3,8,13-14,25H2,1-2H3/b26-21+. The van der Waals surface area contributed by atoms with E-state index in [1.165, 1.54) is 19.2 Å². The van der Waals surface area contributed by atoms with Crippen molar-refractivity contribution in [3.05, 3.63) is 71.2 Å². The third kappa shape index (κ3) is 5.92. The van der Waals surface area contributed by atoms with Gasteiger partial charge in [0.05, 0.1) is 12.7 Å². The number of methoxy groups -OCH3 is 1. The predicted molar refractivity (Wildman–Crippen MR) is 116 cm³/mol. The first-order valence-corrected chi connectivity index (χ1v) is 10.0. The van der Waals surface area contributed by atoms with Gasteiger partial charge in [0.1, 0.15) is 30.5 Å². The number of nitrogens with two attached hydrogens (primary N) is 1. The van der Waals surface area contributed by atoms with Crippen molar-refractivity contribution < 1.29 is 28.0 Å². The number of oxime groups is 1. The number of hydrogen-bond acceptors (Lipinski definition) is 8. The van der Waals surface area contributed by atoms with E-state index in [9.17, 15) is 9.18 Å². The average Bonchev–Trinajstić information content (AvgIpc) is 3.31. The molecule has 0 bridgehead atoms. The van der Waals surface area contributed by atoms with E-state index in [0.29, 0.717) is 46.2 Å². The van der Waals surface area contributed by atoms with Crippen molar-refractivity contribution in [3.63, 3.8) is 0 Å². The van der Waals surface area contributed by atoms with Gasteiger partial charge in [0.15, 0.2) is 11.5 Å². The lowest BCUT2D eigenvalue weighted by atomic mass is 10.1. The molecule has 2 aromatic carbocycles. The average molecular weight is 441 g/mol. The molecule has 9 heteroatoms. The Bertz CT molecular complexity index is 1080. The molecule has 32 heavy (non-hydrogen) atoms. The van der Waals surface area contributed by atoms with Gasteiger partial charge in [-0.3, -0.25) is 0 Å². The Morgan fingerprint density at radius 3 is 2.66 bits per heavy atom. The summed E-state index contributed by atoms with van der Waals surface area (Å²) in [5, 5.41) is 8.15. The second kappa shape index (κ2) is 11.1. The summed E-state index contributed by atoms with van der Waals surface area (Å²) in [4.78, 5) is 17.2. The molecule has 0 amide bonds. The van der Waals surface area contributed by atoms with E-state index in [-0.39, 0.29) is 19.0 Å². The monoisotopic (exact) mass is 441 g/mol. The smallest absolute Gasteiger partial charge is 0.337 e. The number of benzene rings is 2. The van der Waals surface area contributed by atoms with Crippen molar-refractivity contribution in [2.45, 2.75) is 19.9 Å². The van der Waals surface area contributed by atoms with Crippen LogP contribution in [0.2, 0.25) is 0 Å². The van der Waals surface area contributed by atoms with E-state index < -0.39 is 5.97 Å². The lowest BCUT2D eigenvalue weighted by Crippen LogP contribution is -2.14. The molecule has 3 aromatic rings. The van der Waals surface area contributed by atoms with Crippen molar-refractivity contribution >= 4 is 11.7 Å². The summed E-state index contributed by atoms with van der Waals surface area (Å²) < 4.78 is 29.2. The molecule has 3 rings (SSSR count). The number of carbonyl (C=O) groups is 1. The second-order valence-corrected chi connectivity index (χ2v) is 6.80. The number of carbonyl (C=O) groups excluding carboxylic acids is 1. The summed E-state index contributed by atoms with van der Waals surface area (Å²) in [5.41, 5.74) is 8.32. The highest BCUT2D eigenvalue weighted by Gasteiger charge is 2.16. The Morgan fingerprint density at radius 2 is 1.97 bits per heavy atom. The number of halogens is 1. The molecule has 0 aliphatic carbocycles. The Kier molecular flexibility index (Phi) is 7.93. The molecule has 0 aliphatic heterocycles. The van der Waals surface area contributed by atoms with Crippen LogP contribution in [-0.2, 0) is 16.1 Å². The summed E-state index contributed by atoms with van der Waals surface area (Å²) in [5.74, 6) is -0.0879. The maximum Gasteiger partial charge on any atom is 0.337 e. The van der Waals surface area contributed by atoms with Crippen LogP contribution in [-0.4, -0.2) is 37.2 Å². The van der Waals surface area contributed by atoms with Crippen molar-refractivity contribution in [2.75, 3.05) is 20.3 Å². The molecule has 0 radical (unpaired) electrons. The molecule has 0 atom stereocenters. The minimum Gasteiger partial charge on any atom is -0.487 e. The minimum atomic E-state index is -0.496. The van der Waals surface area contributed by atoms with Gasteiger partial charge in [-0.05, 0) is 54.4 Å². The molecule has 168 valence electrons. The maximum absolute atomic E-state index is 13.2. The van der Waals surface area contributed by atoms with Crippen LogP contribution in [0.3, 0.4) is 0 Å². The molecule has 0 unspecified atom stereocenters. The van der Waals surface area contributed by atoms with Crippen molar-refractivity contribution in [3.8, 4) is 17.0 Å². The Labute approximate surface area is 184 Å². The van der Waals surface area contributed by atoms with Crippen molar-refractivity contribution in [1.82, 2.24) is 5.16 Å². The van der Waals surface area contributed by atoms with Gasteiger partial charge in [-0.2, -0.15) is 0 Å². The van der Waals surface area contributed by atoms with E-state index in [2.05, 4.69) is 10.3 Å². The van der Waals surface area contributed by atoms with Crippen LogP contribution >= 0.6 is 0 Å². The lowest BCUT2D eigenvalue weighted by molar-refractivity contribution is 0.0600. The lowest BCUT2D eigenvalue weighted by Gasteiger charge is -2.10. The molecular formula is C23H24FN3O5. The van der Waals surface area contributed by atoms with E-state index in [1.807, 2.05) is 6.92 Å². The van der Waals surface area contributed by atoms with Crippen LogP contribution < -0.4 is 10.5 Å². The van der Waals surface area contributed by atoms with E-state index in [1.54, 1.807) is 36.4 Å². The van der Waals surface area contributed by atoms with E-state index >= 15 is 0 Å². The van der Waals surface area contributed by atoms with Crippen LogP contribution in [0.25, 0.3) is 11.3 Å². The van der Waals surface area contributed by atoms with Gasteiger partial charge in [-0.25, -0.2) is 9.18 Å². The van der Waals surface area contributed by atoms with E-state index in [0.717, 1.165) is 6.42 Å². The van der Waals surface area contributed by atoms with Crippen LogP contribution in [0, 0.1) is 5.82 Å². The summed E-state index contributed by atoms with van der Waals surface area (Å²) in [6, 6.07) is 12.5. The van der Waals surface area contributed by atoms with Gasteiger partial charge < -0.3 is 24.6 Å². The number of esters is 1. The summed E-state index contributed by atoms with van der Waals surface area (Å²) >= 11 is 0. The highest BCUT2D eigenvalue weighted by molar-refractivity contribution is 5.99. The normalized spacial score (nSPS) is 11.3. The van der Waals surface area contributed by atoms with E-state index in [4.69, 9.17) is 24.6 Å². The Morgan fingerprint density at radius 1 is 1.19 bits per heavy atom. The zero-order valence-corrected chi connectivity index (χ0v) is 17.8. The third-order valence-corrected chi connectivity index (χ3v) is 4.40. The summed E-state index contributed by atoms with van der Waals surface area (Å²) in [7, 11) is 1.30.